The summed E-state index contributed by atoms with van der Waals surface area (Å²) in [5.74, 6) is -0.425. The van der Waals surface area contributed by atoms with E-state index in [1.165, 1.54) is 5.56 Å². The number of aryl methyl sites for hydroxylation is 1. The van der Waals surface area contributed by atoms with E-state index in [2.05, 4.69) is 26.1 Å². The number of rotatable bonds is 6. The second-order valence-corrected chi connectivity index (χ2v) is 5.26. The number of nitrogens with one attached hydrogen (secondary N) is 1. The molecule has 0 aliphatic heterocycles. The van der Waals surface area contributed by atoms with Crippen molar-refractivity contribution in [3.05, 3.63) is 35.4 Å². The molecular weight excluding hydrogens is 226 g/mol. The Morgan fingerprint density at radius 1 is 1.33 bits per heavy atom. The highest BCUT2D eigenvalue weighted by molar-refractivity contribution is 5.80. The van der Waals surface area contributed by atoms with E-state index in [0.717, 1.165) is 12.0 Å². The molecule has 100 valence electrons. The van der Waals surface area contributed by atoms with Crippen molar-refractivity contribution in [2.24, 2.45) is 5.92 Å². The van der Waals surface area contributed by atoms with Crippen molar-refractivity contribution < 1.29 is 9.90 Å². The van der Waals surface area contributed by atoms with Gasteiger partial charge >= 0.3 is 5.97 Å². The van der Waals surface area contributed by atoms with Gasteiger partial charge in [-0.05, 0) is 36.9 Å². The lowest BCUT2D eigenvalue weighted by atomic mass is 9.90. The summed E-state index contributed by atoms with van der Waals surface area (Å²) in [5, 5.41) is 12.6. The summed E-state index contributed by atoms with van der Waals surface area (Å²) in [4.78, 5) is 11.5. The summed E-state index contributed by atoms with van der Waals surface area (Å²) in [6.07, 6.45) is 0.962. The number of hydrogen-bond acceptors (Lipinski definition) is 2. The Hall–Kier alpha value is -1.35. The first-order chi connectivity index (χ1) is 8.40. The lowest BCUT2D eigenvalue weighted by Crippen LogP contribution is -2.48. The summed E-state index contributed by atoms with van der Waals surface area (Å²) in [7, 11) is 0. The number of aliphatic carboxylic acids is 1. The van der Waals surface area contributed by atoms with Gasteiger partial charge in [-0.3, -0.25) is 5.32 Å². The van der Waals surface area contributed by atoms with E-state index in [-0.39, 0.29) is 0 Å². The first kappa shape index (κ1) is 14.7. The molecule has 0 saturated carbocycles. The topological polar surface area (TPSA) is 49.3 Å². The van der Waals surface area contributed by atoms with Crippen molar-refractivity contribution in [1.29, 1.82) is 0 Å². The Labute approximate surface area is 109 Å². The van der Waals surface area contributed by atoms with Crippen LogP contribution in [0.5, 0.6) is 0 Å². The molecule has 0 saturated heterocycles. The predicted molar refractivity (Wildman–Crippen MR) is 73.6 cm³/mol. The molecule has 0 heterocycles. The summed E-state index contributed by atoms with van der Waals surface area (Å²) in [6, 6.07) is 7.79. The first-order valence-electron chi connectivity index (χ1n) is 6.48. The standard InChI is InChI=1S/C15H23NO2/c1-5-12-6-8-13(9-7-12)15(4,14(17)18)16-10-11(2)3/h6-9,11,16H,5,10H2,1-4H3,(H,17,18). The Morgan fingerprint density at radius 2 is 1.89 bits per heavy atom. The van der Waals surface area contributed by atoms with Gasteiger partial charge in [-0.25, -0.2) is 4.79 Å². The fourth-order valence-electron chi connectivity index (χ4n) is 1.78. The van der Waals surface area contributed by atoms with Gasteiger partial charge < -0.3 is 5.11 Å². The normalized spacial score (nSPS) is 14.5. The molecular formula is C15H23NO2. The van der Waals surface area contributed by atoms with Gasteiger partial charge in [-0.15, -0.1) is 0 Å². The highest BCUT2D eigenvalue weighted by Crippen LogP contribution is 2.22. The molecule has 0 aromatic heterocycles. The first-order valence-corrected chi connectivity index (χ1v) is 6.48. The van der Waals surface area contributed by atoms with Gasteiger partial charge in [0, 0.05) is 0 Å². The highest BCUT2D eigenvalue weighted by Gasteiger charge is 2.34. The Morgan fingerprint density at radius 3 is 2.28 bits per heavy atom. The molecule has 2 N–H and O–H groups in total. The molecule has 0 amide bonds. The molecule has 1 unspecified atom stereocenters. The fraction of sp³-hybridized carbons (Fsp3) is 0.533. The van der Waals surface area contributed by atoms with E-state index in [4.69, 9.17) is 0 Å². The van der Waals surface area contributed by atoms with Crippen LogP contribution in [0, 0.1) is 5.92 Å². The number of hydrogen-bond donors (Lipinski definition) is 2. The van der Waals surface area contributed by atoms with Gasteiger partial charge in [0.25, 0.3) is 0 Å². The SMILES string of the molecule is CCc1ccc(C(C)(NCC(C)C)C(=O)O)cc1. The maximum Gasteiger partial charge on any atom is 0.328 e. The Kier molecular flexibility index (Phi) is 4.91. The molecule has 1 atom stereocenters. The van der Waals surface area contributed by atoms with Crippen LogP contribution < -0.4 is 5.32 Å². The third kappa shape index (κ3) is 3.33. The second kappa shape index (κ2) is 6.01. The molecule has 0 radical (unpaired) electrons. The Balaban J connectivity index is 2.98. The van der Waals surface area contributed by atoms with Crippen LogP contribution in [0.25, 0.3) is 0 Å². The zero-order valence-corrected chi connectivity index (χ0v) is 11.7. The molecule has 0 aliphatic rings. The van der Waals surface area contributed by atoms with Crippen molar-refractivity contribution in [3.8, 4) is 0 Å². The zero-order valence-electron chi connectivity index (χ0n) is 11.7. The van der Waals surface area contributed by atoms with E-state index in [1.807, 2.05) is 24.3 Å². The lowest BCUT2D eigenvalue weighted by molar-refractivity contribution is -0.144. The molecule has 3 nitrogen and oxygen atoms in total. The van der Waals surface area contributed by atoms with Gasteiger partial charge in [0.1, 0.15) is 5.54 Å². The van der Waals surface area contributed by atoms with E-state index in [9.17, 15) is 9.90 Å². The fourth-order valence-corrected chi connectivity index (χ4v) is 1.78. The number of carbonyl (C=O) groups is 1. The van der Waals surface area contributed by atoms with Gasteiger partial charge in [0.05, 0.1) is 0 Å². The number of benzene rings is 1. The monoisotopic (exact) mass is 249 g/mol. The van der Waals surface area contributed by atoms with E-state index >= 15 is 0 Å². The molecule has 0 fully saturated rings. The lowest BCUT2D eigenvalue weighted by Gasteiger charge is -2.28. The van der Waals surface area contributed by atoms with E-state index < -0.39 is 11.5 Å². The minimum atomic E-state index is -1.02. The van der Waals surface area contributed by atoms with Crippen LogP contribution in [0.1, 0.15) is 38.8 Å². The maximum atomic E-state index is 11.5. The molecule has 18 heavy (non-hydrogen) atoms. The maximum absolute atomic E-state index is 11.5. The molecule has 1 rings (SSSR count). The summed E-state index contributed by atoms with van der Waals surface area (Å²) >= 11 is 0. The molecule has 1 aromatic rings. The minimum absolute atomic E-state index is 0.415. The Bertz CT molecular complexity index is 397. The van der Waals surface area contributed by atoms with Crippen LogP contribution in [0.4, 0.5) is 0 Å². The van der Waals surface area contributed by atoms with Crippen LogP contribution in [0.2, 0.25) is 0 Å². The minimum Gasteiger partial charge on any atom is -0.480 e. The average molecular weight is 249 g/mol. The number of carboxylic acids is 1. The van der Waals surface area contributed by atoms with E-state index in [0.29, 0.717) is 12.5 Å². The van der Waals surface area contributed by atoms with Crippen molar-refractivity contribution >= 4 is 5.97 Å². The van der Waals surface area contributed by atoms with Crippen molar-refractivity contribution in [1.82, 2.24) is 5.32 Å². The van der Waals surface area contributed by atoms with Crippen molar-refractivity contribution in [3.63, 3.8) is 0 Å². The third-order valence-corrected chi connectivity index (χ3v) is 3.23. The molecule has 0 aliphatic carbocycles. The van der Waals surface area contributed by atoms with Gasteiger partial charge in [-0.1, -0.05) is 45.0 Å². The summed E-state index contributed by atoms with van der Waals surface area (Å²) in [6.45, 7) is 8.62. The van der Waals surface area contributed by atoms with E-state index in [1.54, 1.807) is 6.92 Å². The summed E-state index contributed by atoms with van der Waals surface area (Å²) < 4.78 is 0. The van der Waals surface area contributed by atoms with Crippen LogP contribution in [0.15, 0.2) is 24.3 Å². The zero-order chi connectivity index (χ0) is 13.8. The van der Waals surface area contributed by atoms with Crippen molar-refractivity contribution in [2.45, 2.75) is 39.7 Å². The van der Waals surface area contributed by atoms with Gasteiger partial charge in [0.2, 0.25) is 0 Å². The molecule has 0 spiro atoms. The van der Waals surface area contributed by atoms with Crippen LogP contribution in [-0.2, 0) is 16.8 Å². The van der Waals surface area contributed by atoms with Crippen LogP contribution >= 0.6 is 0 Å². The molecule has 0 bridgehead atoms. The van der Waals surface area contributed by atoms with Gasteiger partial charge in [-0.2, -0.15) is 0 Å². The highest BCUT2D eigenvalue weighted by atomic mass is 16.4. The molecule has 1 aromatic carbocycles. The quantitative estimate of drug-likeness (QED) is 0.815. The smallest absolute Gasteiger partial charge is 0.328 e. The average Bonchev–Trinajstić information content (AvgIpc) is 2.35. The second-order valence-electron chi connectivity index (χ2n) is 5.26. The van der Waals surface area contributed by atoms with Crippen LogP contribution in [-0.4, -0.2) is 17.6 Å². The predicted octanol–water partition coefficient (Wildman–Crippen LogP) is 2.79. The molecule has 3 heteroatoms. The summed E-state index contributed by atoms with van der Waals surface area (Å²) in [5.41, 5.74) is 1.000. The van der Waals surface area contributed by atoms with Crippen molar-refractivity contribution in [2.75, 3.05) is 6.54 Å². The van der Waals surface area contributed by atoms with Crippen LogP contribution in [0.3, 0.4) is 0 Å². The largest absolute Gasteiger partial charge is 0.480 e. The number of carboxylic acid groups (broad SMARTS) is 1. The van der Waals surface area contributed by atoms with Gasteiger partial charge in [0.15, 0.2) is 0 Å². The third-order valence-electron chi connectivity index (χ3n) is 3.23.